The lowest BCUT2D eigenvalue weighted by Gasteiger charge is -2.13. The zero-order chi connectivity index (χ0) is 44.7. The van der Waals surface area contributed by atoms with Crippen LogP contribution in [-0.2, 0) is 0 Å². The number of hydrogen-bond acceptors (Lipinski definition) is 4. The maximum Gasteiger partial charge on any atom is 0.143 e. The molecule has 68 heavy (non-hydrogen) atoms. The van der Waals surface area contributed by atoms with Crippen molar-refractivity contribution in [1.29, 1.82) is 0 Å². The van der Waals surface area contributed by atoms with E-state index < -0.39 is 0 Å². The van der Waals surface area contributed by atoms with Crippen LogP contribution in [0.2, 0.25) is 0 Å². The van der Waals surface area contributed by atoms with Crippen LogP contribution in [0, 0.1) is 0 Å². The van der Waals surface area contributed by atoms with Gasteiger partial charge in [-0.05, 0) is 79.5 Å². The van der Waals surface area contributed by atoms with E-state index in [-0.39, 0.29) is 0 Å². The van der Waals surface area contributed by atoms with Gasteiger partial charge in [0, 0.05) is 67.0 Å². The highest BCUT2D eigenvalue weighted by Crippen LogP contribution is 2.44. The van der Waals surface area contributed by atoms with Gasteiger partial charge in [0.2, 0.25) is 0 Å². The molecule has 4 nitrogen and oxygen atoms in total. The van der Waals surface area contributed by atoms with Crippen molar-refractivity contribution < 1.29 is 8.83 Å². The van der Waals surface area contributed by atoms with Crippen molar-refractivity contribution in [2.75, 3.05) is 0 Å². The Bertz CT molecular complexity index is 4020. The highest BCUT2D eigenvalue weighted by molar-refractivity contribution is 6.24. The molecular weight excluding hydrogens is 829 g/mol. The Morgan fingerprint density at radius 2 is 0.544 bits per heavy atom. The van der Waals surface area contributed by atoms with Gasteiger partial charge in [0.15, 0.2) is 0 Å². The summed E-state index contributed by atoms with van der Waals surface area (Å²) in [4.78, 5) is 9.97. The van der Waals surface area contributed by atoms with Crippen LogP contribution < -0.4 is 0 Å². The topological polar surface area (TPSA) is 52.1 Å². The first kappa shape index (κ1) is 38.2. The minimum atomic E-state index is 0.881. The lowest BCUT2D eigenvalue weighted by Crippen LogP contribution is -1.90. The van der Waals surface area contributed by atoms with Crippen LogP contribution in [0.5, 0.6) is 0 Å². The van der Waals surface area contributed by atoms with E-state index in [9.17, 15) is 0 Å². The van der Waals surface area contributed by atoms with Gasteiger partial charge in [-0.2, -0.15) is 0 Å². The van der Waals surface area contributed by atoms with Crippen LogP contribution in [0.4, 0.5) is 0 Å². The average Bonchev–Trinajstić information content (AvgIpc) is 4.00. The summed E-state index contributed by atoms with van der Waals surface area (Å²) in [6.45, 7) is 0. The standard InChI is InChI=1S/C64H38N2O2/c1-3-13-39(14-4-1)47-21-9-25-53-55-27-11-23-49(63(55)67-61(47)53)45-19-7-17-41(35-45)43-29-31-51-52-32-30-44(38-58(52)60-59(57(51)37-43)65-33-34-66-60)42-18-8-20-46(36-42)50-24-12-28-56-54-26-10-22-48(62(54)68-64(50)56)40-15-5-2-6-16-40/h1-38H. The van der Waals surface area contributed by atoms with Crippen LogP contribution >= 0.6 is 0 Å². The first-order valence-corrected chi connectivity index (χ1v) is 23.0. The summed E-state index contributed by atoms with van der Waals surface area (Å²) >= 11 is 0. The van der Waals surface area contributed by atoms with E-state index in [0.717, 1.165) is 143 Å². The molecule has 4 heteroatoms. The zero-order valence-corrected chi connectivity index (χ0v) is 36.7. The van der Waals surface area contributed by atoms with Gasteiger partial charge >= 0.3 is 0 Å². The van der Waals surface area contributed by atoms with Crippen molar-refractivity contribution in [3.8, 4) is 66.8 Å². The fourth-order valence-electron chi connectivity index (χ4n) is 10.6. The number of furan rings is 2. The molecule has 0 saturated carbocycles. The molecule has 0 spiro atoms. The number of para-hydroxylation sites is 4. The molecule has 14 aromatic rings. The molecule has 0 aliphatic heterocycles. The van der Waals surface area contributed by atoms with Gasteiger partial charge < -0.3 is 8.83 Å². The summed E-state index contributed by atoms with van der Waals surface area (Å²) in [6.07, 6.45) is 3.60. The van der Waals surface area contributed by atoms with Gasteiger partial charge in [-0.15, -0.1) is 0 Å². The maximum absolute atomic E-state index is 6.80. The van der Waals surface area contributed by atoms with Crippen molar-refractivity contribution in [3.63, 3.8) is 0 Å². The van der Waals surface area contributed by atoms with E-state index in [4.69, 9.17) is 18.8 Å². The molecule has 316 valence electrons. The van der Waals surface area contributed by atoms with Crippen LogP contribution in [-0.4, -0.2) is 9.97 Å². The number of aromatic nitrogens is 2. The van der Waals surface area contributed by atoms with Gasteiger partial charge in [-0.25, -0.2) is 0 Å². The molecule has 0 saturated heterocycles. The molecule has 14 rings (SSSR count). The first-order valence-electron chi connectivity index (χ1n) is 23.0. The predicted molar refractivity (Wildman–Crippen MR) is 282 cm³/mol. The monoisotopic (exact) mass is 866 g/mol. The second-order valence-electron chi connectivity index (χ2n) is 17.6. The summed E-state index contributed by atoms with van der Waals surface area (Å²) in [7, 11) is 0. The summed E-state index contributed by atoms with van der Waals surface area (Å²) in [6, 6.07) is 77.7. The number of fused-ring (bicyclic) bond motifs is 12. The van der Waals surface area contributed by atoms with E-state index >= 15 is 0 Å². The molecule has 0 fully saturated rings. The molecule has 3 aromatic heterocycles. The van der Waals surface area contributed by atoms with Gasteiger partial charge in [-0.3, -0.25) is 9.97 Å². The highest BCUT2D eigenvalue weighted by Gasteiger charge is 2.19. The SMILES string of the molecule is c1ccc(-c2cccc3c2oc2c(-c4cccc(-c5ccc6c7ccc(-c8cccc(-c9cccc%10c9oc9c(-c%11ccccc%11)cccc9%10)c8)cc7c7nccnc7c6c5)c4)cccc23)cc1. The van der Waals surface area contributed by atoms with Gasteiger partial charge in [-0.1, -0.05) is 194 Å². The number of hydrogen-bond donors (Lipinski definition) is 0. The van der Waals surface area contributed by atoms with Gasteiger partial charge in [0.1, 0.15) is 22.3 Å². The second-order valence-corrected chi connectivity index (χ2v) is 17.6. The Kier molecular flexibility index (Phi) is 8.55. The second kappa shape index (κ2) is 15.2. The smallest absolute Gasteiger partial charge is 0.143 e. The number of nitrogens with zero attached hydrogens (tertiary/aromatic N) is 2. The molecule has 0 radical (unpaired) electrons. The third-order valence-corrected chi connectivity index (χ3v) is 13.8. The van der Waals surface area contributed by atoms with E-state index in [1.807, 2.05) is 12.1 Å². The van der Waals surface area contributed by atoms with E-state index in [2.05, 4.69) is 206 Å². The van der Waals surface area contributed by atoms with Crippen LogP contribution in [0.3, 0.4) is 0 Å². The van der Waals surface area contributed by atoms with Crippen molar-refractivity contribution in [2.24, 2.45) is 0 Å². The van der Waals surface area contributed by atoms with Crippen LogP contribution in [0.1, 0.15) is 0 Å². The first-order chi connectivity index (χ1) is 33.7. The average molecular weight is 867 g/mol. The molecule has 0 aliphatic carbocycles. The third kappa shape index (κ3) is 6.01. The van der Waals surface area contributed by atoms with E-state index in [1.54, 1.807) is 12.4 Å². The number of benzene rings is 11. The molecule has 0 atom stereocenters. The predicted octanol–water partition coefficient (Wildman–Crippen LogP) is 17.7. The van der Waals surface area contributed by atoms with Crippen molar-refractivity contribution in [2.45, 2.75) is 0 Å². The lowest BCUT2D eigenvalue weighted by atomic mass is 9.92. The molecule has 0 bridgehead atoms. The van der Waals surface area contributed by atoms with Crippen molar-refractivity contribution >= 4 is 76.5 Å². The zero-order valence-electron chi connectivity index (χ0n) is 36.7. The lowest BCUT2D eigenvalue weighted by molar-refractivity contribution is 0.670. The Balaban J connectivity index is 0.848. The van der Waals surface area contributed by atoms with E-state index in [1.165, 1.54) is 0 Å². The normalized spacial score (nSPS) is 11.8. The largest absolute Gasteiger partial charge is 0.455 e. The minimum absolute atomic E-state index is 0.881. The van der Waals surface area contributed by atoms with Crippen LogP contribution in [0.15, 0.2) is 240 Å². The maximum atomic E-state index is 6.80. The summed E-state index contributed by atoms with van der Waals surface area (Å²) in [5, 5.41) is 8.87. The molecule has 0 aliphatic rings. The number of rotatable bonds is 6. The Morgan fingerprint density at radius 3 is 0.941 bits per heavy atom. The summed E-state index contributed by atoms with van der Waals surface area (Å²) in [5.41, 5.74) is 18.6. The Hall–Kier alpha value is -9.12. The Labute approximate surface area is 391 Å². The third-order valence-electron chi connectivity index (χ3n) is 13.8. The molecule has 0 amide bonds. The van der Waals surface area contributed by atoms with Gasteiger partial charge in [0.25, 0.3) is 0 Å². The van der Waals surface area contributed by atoms with E-state index in [0.29, 0.717) is 0 Å². The minimum Gasteiger partial charge on any atom is -0.455 e. The molecule has 11 aromatic carbocycles. The summed E-state index contributed by atoms with van der Waals surface area (Å²) in [5.74, 6) is 0. The summed E-state index contributed by atoms with van der Waals surface area (Å²) < 4.78 is 13.6. The van der Waals surface area contributed by atoms with Crippen LogP contribution in [0.25, 0.3) is 143 Å². The quantitative estimate of drug-likeness (QED) is 0.156. The Morgan fingerprint density at radius 1 is 0.221 bits per heavy atom. The molecular formula is C64H38N2O2. The fourth-order valence-corrected chi connectivity index (χ4v) is 10.6. The fraction of sp³-hybridized carbons (Fsp3) is 0. The van der Waals surface area contributed by atoms with Gasteiger partial charge in [0.05, 0.1) is 11.0 Å². The molecule has 3 heterocycles. The molecule has 0 unspecified atom stereocenters. The van der Waals surface area contributed by atoms with Crippen molar-refractivity contribution in [3.05, 3.63) is 231 Å². The molecule has 0 N–H and O–H groups in total. The highest BCUT2D eigenvalue weighted by atomic mass is 16.3. The van der Waals surface area contributed by atoms with Crippen molar-refractivity contribution in [1.82, 2.24) is 9.97 Å².